The number of allylic oxidation sites excluding steroid dienone is 4. The van der Waals surface area contributed by atoms with Gasteiger partial charge in [0.2, 0.25) is 0 Å². The summed E-state index contributed by atoms with van der Waals surface area (Å²) in [5.41, 5.74) is 1.20. The van der Waals surface area contributed by atoms with E-state index in [0.29, 0.717) is 0 Å². The predicted molar refractivity (Wildman–Crippen MR) is 57.5 cm³/mol. The van der Waals surface area contributed by atoms with Gasteiger partial charge in [0.1, 0.15) is 0 Å². The van der Waals surface area contributed by atoms with Crippen molar-refractivity contribution in [2.75, 3.05) is 7.05 Å². The Bertz CT molecular complexity index is 259. The summed E-state index contributed by atoms with van der Waals surface area (Å²) in [6, 6.07) is 0. The summed E-state index contributed by atoms with van der Waals surface area (Å²) in [7, 11) is 1.78. The SMILES string of the molecule is CCC/C=C1\C=CC=CN1C=NC. The highest BCUT2D eigenvalue weighted by Crippen LogP contribution is 2.11. The number of aliphatic imine (C=N–C) groups is 1. The van der Waals surface area contributed by atoms with Gasteiger partial charge < -0.3 is 4.90 Å². The lowest BCUT2D eigenvalue weighted by Crippen LogP contribution is -2.14. The zero-order valence-electron chi connectivity index (χ0n) is 8.27. The second-order valence-electron chi connectivity index (χ2n) is 2.90. The summed E-state index contributed by atoms with van der Waals surface area (Å²) in [4.78, 5) is 6.02. The van der Waals surface area contributed by atoms with Gasteiger partial charge in [-0.05, 0) is 18.6 Å². The van der Waals surface area contributed by atoms with Crippen molar-refractivity contribution in [2.45, 2.75) is 19.8 Å². The largest absolute Gasteiger partial charge is 0.309 e. The van der Waals surface area contributed by atoms with Crippen molar-refractivity contribution in [2.24, 2.45) is 4.99 Å². The monoisotopic (exact) mass is 176 g/mol. The van der Waals surface area contributed by atoms with E-state index >= 15 is 0 Å². The van der Waals surface area contributed by atoms with Crippen molar-refractivity contribution in [3.63, 3.8) is 0 Å². The normalized spacial score (nSPS) is 19.2. The molecule has 0 unspecified atom stereocenters. The minimum atomic E-state index is 1.11. The average molecular weight is 176 g/mol. The highest BCUT2D eigenvalue weighted by atomic mass is 15.1. The van der Waals surface area contributed by atoms with Gasteiger partial charge in [-0.15, -0.1) is 0 Å². The Morgan fingerprint density at radius 1 is 1.46 bits per heavy atom. The molecule has 2 heteroatoms. The highest BCUT2D eigenvalue weighted by Gasteiger charge is 2.01. The third-order valence-electron chi connectivity index (χ3n) is 1.80. The molecule has 0 aliphatic carbocycles. The molecule has 1 aliphatic rings. The Morgan fingerprint density at radius 3 is 3.00 bits per heavy atom. The maximum atomic E-state index is 3.99. The quantitative estimate of drug-likeness (QED) is 0.477. The summed E-state index contributed by atoms with van der Waals surface area (Å²) < 4.78 is 0. The van der Waals surface area contributed by atoms with Crippen LogP contribution in [0, 0.1) is 0 Å². The summed E-state index contributed by atoms with van der Waals surface area (Å²) in [6.45, 7) is 2.18. The molecule has 0 spiro atoms. The molecule has 1 aliphatic heterocycles. The van der Waals surface area contributed by atoms with Gasteiger partial charge in [0.05, 0.1) is 6.34 Å². The second-order valence-corrected chi connectivity index (χ2v) is 2.90. The zero-order chi connectivity index (χ0) is 9.52. The number of rotatable bonds is 3. The first-order valence-electron chi connectivity index (χ1n) is 4.64. The summed E-state index contributed by atoms with van der Waals surface area (Å²) in [5.74, 6) is 0. The van der Waals surface area contributed by atoms with Crippen molar-refractivity contribution >= 4 is 6.34 Å². The van der Waals surface area contributed by atoms with Gasteiger partial charge in [-0.2, -0.15) is 0 Å². The van der Waals surface area contributed by atoms with Crippen LogP contribution in [0.3, 0.4) is 0 Å². The molecule has 0 saturated heterocycles. The fraction of sp³-hybridized carbons (Fsp3) is 0.364. The van der Waals surface area contributed by atoms with Crippen LogP contribution in [0.15, 0.2) is 41.2 Å². The van der Waals surface area contributed by atoms with Crippen LogP contribution in [-0.2, 0) is 0 Å². The lowest BCUT2D eigenvalue weighted by molar-refractivity contribution is 0.716. The van der Waals surface area contributed by atoms with Gasteiger partial charge in [0, 0.05) is 18.9 Å². The average Bonchev–Trinajstić information content (AvgIpc) is 2.17. The van der Waals surface area contributed by atoms with Crippen molar-refractivity contribution in [1.82, 2.24) is 4.90 Å². The molecule has 0 radical (unpaired) electrons. The minimum Gasteiger partial charge on any atom is -0.309 e. The molecule has 2 nitrogen and oxygen atoms in total. The van der Waals surface area contributed by atoms with Crippen LogP contribution in [0.25, 0.3) is 0 Å². The van der Waals surface area contributed by atoms with Crippen LogP contribution in [0.2, 0.25) is 0 Å². The Kier molecular flexibility index (Phi) is 4.03. The van der Waals surface area contributed by atoms with Gasteiger partial charge in [0.25, 0.3) is 0 Å². The van der Waals surface area contributed by atoms with Crippen molar-refractivity contribution in [3.8, 4) is 0 Å². The van der Waals surface area contributed by atoms with E-state index in [1.54, 1.807) is 7.05 Å². The lowest BCUT2D eigenvalue weighted by atomic mass is 10.2. The van der Waals surface area contributed by atoms with E-state index < -0.39 is 0 Å². The molecular formula is C11H16N2. The fourth-order valence-corrected chi connectivity index (χ4v) is 1.16. The molecule has 0 aromatic carbocycles. The smallest absolute Gasteiger partial charge is 0.0931 e. The molecule has 0 amide bonds. The standard InChI is InChI=1S/C11H16N2/c1-3-4-7-11-8-5-6-9-13(11)10-12-2/h5-10H,3-4H2,1-2H3/b11-7+,12-10?. The molecule has 1 rings (SSSR count). The Morgan fingerprint density at radius 2 is 2.31 bits per heavy atom. The summed E-state index contributed by atoms with van der Waals surface area (Å²) in [5, 5.41) is 0. The third kappa shape index (κ3) is 2.90. The molecule has 0 atom stereocenters. The Balaban J connectivity index is 2.70. The highest BCUT2D eigenvalue weighted by molar-refractivity contribution is 5.62. The predicted octanol–water partition coefficient (Wildman–Crippen LogP) is 2.71. The number of hydrogen-bond donors (Lipinski definition) is 0. The summed E-state index contributed by atoms with van der Waals surface area (Å²) >= 11 is 0. The van der Waals surface area contributed by atoms with E-state index in [-0.39, 0.29) is 0 Å². The molecule has 1 heterocycles. The van der Waals surface area contributed by atoms with Crippen LogP contribution >= 0.6 is 0 Å². The van der Waals surface area contributed by atoms with Crippen molar-refractivity contribution in [3.05, 3.63) is 36.2 Å². The summed E-state index contributed by atoms with van der Waals surface area (Å²) in [6.07, 6.45) is 14.5. The minimum absolute atomic E-state index is 1.11. The number of nitrogens with zero attached hydrogens (tertiary/aromatic N) is 2. The van der Waals surface area contributed by atoms with Crippen molar-refractivity contribution in [1.29, 1.82) is 0 Å². The van der Waals surface area contributed by atoms with Gasteiger partial charge in [-0.1, -0.05) is 25.5 Å². The molecule has 0 N–H and O–H groups in total. The molecular weight excluding hydrogens is 160 g/mol. The Labute approximate surface area is 80.0 Å². The molecule has 0 fully saturated rings. The maximum Gasteiger partial charge on any atom is 0.0931 e. The molecule has 0 aromatic heterocycles. The van der Waals surface area contributed by atoms with Crippen molar-refractivity contribution < 1.29 is 0 Å². The second kappa shape index (κ2) is 5.36. The van der Waals surface area contributed by atoms with Crippen LogP contribution in [0.4, 0.5) is 0 Å². The first kappa shape index (κ1) is 9.78. The van der Waals surface area contributed by atoms with Crippen LogP contribution in [-0.4, -0.2) is 18.3 Å². The first-order chi connectivity index (χ1) is 6.38. The van der Waals surface area contributed by atoms with Gasteiger partial charge in [-0.3, -0.25) is 4.99 Å². The third-order valence-corrected chi connectivity index (χ3v) is 1.80. The topological polar surface area (TPSA) is 15.6 Å². The lowest BCUT2D eigenvalue weighted by Gasteiger charge is -2.18. The van der Waals surface area contributed by atoms with Gasteiger partial charge >= 0.3 is 0 Å². The fourth-order valence-electron chi connectivity index (χ4n) is 1.16. The first-order valence-corrected chi connectivity index (χ1v) is 4.64. The van der Waals surface area contributed by atoms with E-state index in [4.69, 9.17) is 0 Å². The van der Waals surface area contributed by atoms with E-state index in [1.165, 1.54) is 12.1 Å². The molecule has 13 heavy (non-hydrogen) atoms. The van der Waals surface area contributed by atoms with E-state index in [9.17, 15) is 0 Å². The molecule has 0 aromatic rings. The molecule has 70 valence electrons. The van der Waals surface area contributed by atoms with E-state index in [1.807, 2.05) is 29.6 Å². The number of unbranched alkanes of at least 4 members (excludes halogenated alkanes) is 1. The van der Waals surface area contributed by atoms with Crippen LogP contribution < -0.4 is 0 Å². The molecule has 0 saturated carbocycles. The van der Waals surface area contributed by atoms with E-state index in [0.717, 1.165) is 6.42 Å². The number of hydrogen-bond acceptors (Lipinski definition) is 1. The molecule has 0 bridgehead atoms. The maximum absolute atomic E-state index is 3.99. The van der Waals surface area contributed by atoms with E-state index in [2.05, 4.69) is 24.1 Å². The zero-order valence-corrected chi connectivity index (χ0v) is 8.27. The van der Waals surface area contributed by atoms with Crippen LogP contribution in [0.5, 0.6) is 0 Å². The van der Waals surface area contributed by atoms with Crippen LogP contribution in [0.1, 0.15) is 19.8 Å². The Hall–Kier alpha value is -1.31. The van der Waals surface area contributed by atoms with Gasteiger partial charge in [-0.25, -0.2) is 0 Å². The van der Waals surface area contributed by atoms with Gasteiger partial charge in [0.15, 0.2) is 0 Å².